The van der Waals surface area contributed by atoms with Crippen LogP contribution in [0.25, 0.3) is 16.8 Å². The number of nitrogens with one attached hydrogen (secondary N) is 1. The molecule has 37 heavy (non-hydrogen) atoms. The van der Waals surface area contributed by atoms with Crippen LogP contribution in [-0.2, 0) is 15.4 Å². The standard InChI is InChI=1S/C29H26ClNO4.C2H6/c1-4-8-20(5-2)19-35-29(33)24-9-6-7-10-26(24)31-28(32)16-12-21-11-14-23-22(17-21)13-15-27(34-3)25(23)18-30;1-2/h4-17H,1-2,18-19H2,3H3,(H,31,32);1-2H3/b16-12+,20-8+;. The number of carbonyl (C=O) groups is 2. The van der Waals surface area contributed by atoms with Crippen LogP contribution in [0.4, 0.5) is 5.69 Å². The zero-order chi connectivity index (χ0) is 27.2. The summed E-state index contributed by atoms with van der Waals surface area (Å²) in [6.07, 6.45) is 8.01. The molecule has 0 aliphatic carbocycles. The van der Waals surface area contributed by atoms with Gasteiger partial charge in [-0.1, -0.05) is 75.6 Å². The van der Waals surface area contributed by atoms with Crippen molar-refractivity contribution >= 4 is 46.0 Å². The zero-order valence-corrected chi connectivity index (χ0v) is 22.2. The molecule has 3 aromatic rings. The molecule has 0 atom stereocenters. The molecule has 5 nitrogen and oxygen atoms in total. The van der Waals surface area contributed by atoms with Crippen molar-refractivity contribution in [3.63, 3.8) is 0 Å². The van der Waals surface area contributed by atoms with Gasteiger partial charge in [0.05, 0.1) is 24.2 Å². The highest BCUT2D eigenvalue weighted by Crippen LogP contribution is 2.30. The van der Waals surface area contributed by atoms with Crippen LogP contribution in [0.2, 0.25) is 0 Å². The number of para-hydroxylation sites is 1. The molecule has 0 unspecified atom stereocenters. The summed E-state index contributed by atoms with van der Waals surface area (Å²) in [5.74, 6) is 0.144. The second kappa shape index (κ2) is 15.1. The molecule has 0 spiro atoms. The number of hydrogen-bond donors (Lipinski definition) is 1. The number of halogens is 1. The average Bonchev–Trinajstić information content (AvgIpc) is 2.94. The Morgan fingerprint density at radius 2 is 1.81 bits per heavy atom. The first-order valence-corrected chi connectivity index (χ1v) is 12.4. The van der Waals surface area contributed by atoms with Gasteiger partial charge in [-0.15, -0.1) is 11.6 Å². The quantitative estimate of drug-likeness (QED) is 0.129. The van der Waals surface area contributed by atoms with Crippen molar-refractivity contribution in [2.45, 2.75) is 19.7 Å². The first-order chi connectivity index (χ1) is 18.0. The number of anilines is 1. The highest BCUT2D eigenvalue weighted by Gasteiger charge is 2.14. The van der Waals surface area contributed by atoms with Crippen LogP contribution >= 0.6 is 11.6 Å². The van der Waals surface area contributed by atoms with E-state index in [9.17, 15) is 9.59 Å². The van der Waals surface area contributed by atoms with Gasteiger partial charge in [0.15, 0.2) is 0 Å². The number of esters is 1. The van der Waals surface area contributed by atoms with Crippen LogP contribution in [0.3, 0.4) is 0 Å². The smallest absolute Gasteiger partial charge is 0.340 e. The topological polar surface area (TPSA) is 64.6 Å². The van der Waals surface area contributed by atoms with Gasteiger partial charge in [-0.05, 0) is 52.3 Å². The van der Waals surface area contributed by atoms with Gasteiger partial charge in [-0.25, -0.2) is 4.79 Å². The van der Waals surface area contributed by atoms with Crippen LogP contribution in [0.15, 0.2) is 97.6 Å². The van der Waals surface area contributed by atoms with Crippen LogP contribution in [0.1, 0.15) is 35.3 Å². The van der Waals surface area contributed by atoms with Crippen LogP contribution in [0, 0.1) is 0 Å². The van der Waals surface area contributed by atoms with Gasteiger partial charge >= 0.3 is 5.97 Å². The summed E-state index contributed by atoms with van der Waals surface area (Å²) in [5, 5.41) is 4.73. The van der Waals surface area contributed by atoms with Gasteiger partial charge in [0.1, 0.15) is 12.4 Å². The first-order valence-electron chi connectivity index (χ1n) is 11.9. The Morgan fingerprint density at radius 1 is 1.05 bits per heavy atom. The van der Waals surface area contributed by atoms with Crippen LogP contribution < -0.4 is 10.1 Å². The number of methoxy groups -OCH3 is 1. The lowest BCUT2D eigenvalue weighted by Gasteiger charge is -2.11. The van der Waals surface area contributed by atoms with Gasteiger partial charge < -0.3 is 14.8 Å². The summed E-state index contributed by atoms with van der Waals surface area (Å²) < 4.78 is 10.7. The summed E-state index contributed by atoms with van der Waals surface area (Å²) in [6, 6.07) is 16.3. The maximum atomic E-state index is 12.6. The molecular weight excluding hydrogens is 486 g/mol. The Morgan fingerprint density at radius 3 is 2.49 bits per heavy atom. The van der Waals surface area contributed by atoms with Crippen molar-refractivity contribution in [1.82, 2.24) is 0 Å². The molecule has 0 saturated heterocycles. The molecule has 1 amide bonds. The van der Waals surface area contributed by atoms with E-state index < -0.39 is 5.97 Å². The summed E-state index contributed by atoms with van der Waals surface area (Å²) in [6.45, 7) is 11.4. The fraction of sp³-hybridized carbons (Fsp3) is 0.161. The van der Waals surface area contributed by atoms with Gasteiger partial charge in [-0.3, -0.25) is 4.79 Å². The monoisotopic (exact) mass is 517 g/mol. The minimum Gasteiger partial charge on any atom is -0.496 e. The van der Waals surface area contributed by atoms with Gasteiger partial charge in [0.2, 0.25) is 5.91 Å². The Labute approximate surface area is 223 Å². The summed E-state index contributed by atoms with van der Waals surface area (Å²) >= 11 is 6.11. The molecule has 1 N–H and O–H groups in total. The van der Waals surface area contributed by atoms with E-state index in [1.54, 1.807) is 55.7 Å². The van der Waals surface area contributed by atoms with Crippen molar-refractivity contribution in [3.8, 4) is 5.75 Å². The lowest BCUT2D eigenvalue weighted by atomic mass is 10.0. The second-order valence-electron chi connectivity index (χ2n) is 7.49. The number of fused-ring (bicyclic) bond motifs is 1. The van der Waals surface area contributed by atoms with Crippen molar-refractivity contribution in [2.24, 2.45) is 0 Å². The molecule has 6 heteroatoms. The van der Waals surface area contributed by atoms with Crippen molar-refractivity contribution in [3.05, 3.63) is 114 Å². The zero-order valence-electron chi connectivity index (χ0n) is 21.4. The SMILES string of the molecule is C=C/C=C(\C=C)COC(=O)c1ccccc1NC(=O)/C=C/c1ccc2c(CCl)c(OC)ccc2c1.CC. The second-order valence-corrected chi connectivity index (χ2v) is 7.75. The number of hydrogen-bond acceptors (Lipinski definition) is 4. The van der Waals surface area contributed by atoms with E-state index in [1.165, 1.54) is 6.08 Å². The first kappa shape index (κ1) is 29.1. The number of amides is 1. The Hall–Kier alpha value is -4.09. The van der Waals surface area contributed by atoms with E-state index in [0.717, 1.165) is 27.6 Å². The normalized spacial score (nSPS) is 10.9. The Bertz CT molecular complexity index is 1320. The molecule has 0 saturated carbocycles. The van der Waals surface area contributed by atoms with Crippen LogP contribution in [0.5, 0.6) is 5.75 Å². The van der Waals surface area contributed by atoms with E-state index in [2.05, 4.69) is 18.5 Å². The molecule has 0 aliphatic heterocycles. The predicted molar refractivity (Wildman–Crippen MR) is 154 cm³/mol. The third-order valence-corrected chi connectivity index (χ3v) is 5.53. The lowest BCUT2D eigenvalue weighted by molar-refractivity contribution is -0.111. The van der Waals surface area contributed by atoms with Gasteiger partial charge in [0, 0.05) is 11.6 Å². The molecule has 0 aliphatic rings. The number of carbonyl (C=O) groups excluding carboxylic acids is 2. The number of benzene rings is 3. The van der Waals surface area contributed by atoms with Gasteiger partial charge in [0.25, 0.3) is 0 Å². The number of allylic oxidation sites excluding steroid dienone is 2. The summed E-state index contributed by atoms with van der Waals surface area (Å²) in [4.78, 5) is 25.2. The van der Waals surface area contributed by atoms with Gasteiger partial charge in [-0.2, -0.15) is 0 Å². The summed E-state index contributed by atoms with van der Waals surface area (Å²) in [7, 11) is 1.61. The highest BCUT2D eigenvalue weighted by molar-refractivity contribution is 6.18. The van der Waals surface area contributed by atoms with E-state index in [4.69, 9.17) is 21.1 Å². The minimum absolute atomic E-state index is 0.0514. The van der Waals surface area contributed by atoms with Crippen molar-refractivity contribution < 1.29 is 19.1 Å². The van der Waals surface area contributed by atoms with E-state index in [-0.39, 0.29) is 18.1 Å². The third kappa shape index (κ3) is 7.95. The fourth-order valence-corrected chi connectivity index (χ4v) is 3.77. The third-order valence-electron chi connectivity index (χ3n) is 5.26. The maximum Gasteiger partial charge on any atom is 0.340 e. The molecule has 0 radical (unpaired) electrons. The van der Waals surface area contributed by atoms with Crippen molar-refractivity contribution in [1.29, 1.82) is 0 Å². The molecule has 0 heterocycles. The molecule has 3 aromatic carbocycles. The largest absolute Gasteiger partial charge is 0.496 e. The minimum atomic E-state index is -0.554. The Balaban J connectivity index is 0.00000235. The lowest BCUT2D eigenvalue weighted by Crippen LogP contribution is -2.14. The average molecular weight is 518 g/mol. The van der Waals surface area contributed by atoms with E-state index in [1.807, 2.05) is 44.2 Å². The number of rotatable bonds is 10. The van der Waals surface area contributed by atoms with Crippen LogP contribution in [-0.4, -0.2) is 25.6 Å². The molecule has 0 fully saturated rings. The molecule has 3 rings (SSSR count). The van der Waals surface area contributed by atoms with E-state index in [0.29, 0.717) is 17.1 Å². The molecule has 192 valence electrons. The maximum absolute atomic E-state index is 12.6. The number of ether oxygens (including phenoxy) is 2. The highest BCUT2D eigenvalue weighted by atomic mass is 35.5. The fourth-order valence-electron chi connectivity index (χ4n) is 3.49. The predicted octanol–water partition coefficient (Wildman–Crippen LogP) is 7.72. The summed E-state index contributed by atoms with van der Waals surface area (Å²) in [5.41, 5.74) is 3.09. The molecule has 0 bridgehead atoms. The molecular formula is C31H32ClNO4. The van der Waals surface area contributed by atoms with Crippen molar-refractivity contribution in [2.75, 3.05) is 19.0 Å². The molecule has 0 aromatic heterocycles. The Kier molecular flexibility index (Phi) is 11.9. The number of alkyl halides is 1. The van der Waals surface area contributed by atoms with E-state index >= 15 is 0 Å².